The van der Waals surface area contributed by atoms with Crippen molar-refractivity contribution in [2.45, 2.75) is 38.0 Å². The first kappa shape index (κ1) is 16.1. The highest BCUT2D eigenvalue weighted by molar-refractivity contribution is 6.03. The average molecular weight is 338 g/mol. The van der Waals surface area contributed by atoms with Crippen LogP contribution in [-0.2, 0) is 14.3 Å². The van der Waals surface area contributed by atoms with E-state index in [9.17, 15) is 14.7 Å². The van der Waals surface area contributed by atoms with Gasteiger partial charge < -0.3 is 19.5 Å². The summed E-state index contributed by atoms with van der Waals surface area (Å²) in [5, 5.41) is 11.7. The Balaban J connectivity index is 1.84. The van der Waals surface area contributed by atoms with E-state index < -0.39 is 29.5 Å². The predicted octanol–water partition coefficient (Wildman–Crippen LogP) is 1.37. The largest absolute Gasteiger partial charge is 0.550 e. The van der Waals surface area contributed by atoms with Gasteiger partial charge in [0.15, 0.2) is 0 Å². The quantitative estimate of drug-likeness (QED) is 0.778. The Morgan fingerprint density at radius 3 is 2.64 bits per heavy atom. The van der Waals surface area contributed by atoms with Crippen molar-refractivity contribution in [2.24, 2.45) is 11.8 Å². The summed E-state index contributed by atoms with van der Waals surface area (Å²) in [5.41, 5.74) is 1.84. The van der Waals surface area contributed by atoms with Crippen LogP contribution in [0.4, 0.5) is 5.69 Å². The third-order valence-corrected chi connectivity index (χ3v) is 5.55. The molecule has 25 heavy (non-hydrogen) atoms. The van der Waals surface area contributed by atoms with Crippen LogP contribution in [0.1, 0.15) is 18.9 Å². The lowest BCUT2D eigenvalue weighted by atomic mass is 9.74. The van der Waals surface area contributed by atoms with Crippen LogP contribution in [0.15, 0.2) is 48.6 Å². The molecule has 5 atom stereocenters. The Kier molecular flexibility index (Phi) is 3.41. The molecule has 0 unspecified atom stereocenters. The van der Waals surface area contributed by atoms with Gasteiger partial charge in [0.2, 0.25) is 5.91 Å². The highest BCUT2D eigenvalue weighted by Crippen LogP contribution is 2.56. The Labute approximate surface area is 146 Å². The molecule has 0 saturated carbocycles. The van der Waals surface area contributed by atoms with Crippen LogP contribution in [0.3, 0.4) is 0 Å². The summed E-state index contributed by atoms with van der Waals surface area (Å²) in [6, 6.07) is 7.35. The molecule has 1 aromatic rings. The summed E-state index contributed by atoms with van der Waals surface area (Å²) in [4.78, 5) is 26.6. The summed E-state index contributed by atoms with van der Waals surface area (Å²) in [7, 11) is 0. The number of anilines is 1. The van der Waals surface area contributed by atoms with Crippen molar-refractivity contribution < 1.29 is 19.4 Å². The molecular formula is C20H20NO4-. The second-order valence-electron chi connectivity index (χ2n) is 7.34. The number of amides is 1. The van der Waals surface area contributed by atoms with Gasteiger partial charge in [-0.2, -0.15) is 0 Å². The molecule has 3 heterocycles. The van der Waals surface area contributed by atoms with Crippen molar-refractivity contribution in [3.05, 3.63) is 54.1 Å². The molecule has 4 rings (SSSR count). The Bertz CT molecular complexity index is 796. The number of carboxylic acid groups (broad SMARTS) is 1. The fraction of sp³-hybridized carbons (Fsp3) is 0.400. The number of aryl methyl sites for hydroxylation is 1. The van der Waals surface area contributed by atoms with Crippen molar-refractivity contribution in [3.63, 3.8) is 0 Å². The lowest BCUT2D eigenvalue weighted by Gasteiger charge is -2.33. The van der Waals surface area contributed by atoms with E-state index in [1.807, 2.05) is 44.2 Å². The van der Waals surface area contributed by atoms with Crippen LogP contribution in [0.2, 0.25) is 0 Å². The Morgan fingerprint density at radius 2 is 2.04 bits per heavy atom. The van der Waals surface area contributed by atoms with E-state index in [2.05, 4.69) is 6.58 Å². The number of carbonyl (C=O) groups is 2. The molecule has 5 nitrogen and oxygen atoms in total. The minimum absolute atomic E-state index is 0.212. The zero-order valence-corrected chi connectivity index (χ0v) is 14.3. The summed E-state index contributed by atoms with van der Waals surface area (Å²) in [6.07, 6.45) is 3.59. The highest BCUT2D eigenvalue weighted by atomic mass is 16.5. The number of hydrogen-bond donors (Lipinski definition) is 0. The van der Waals surface area contributed by atoms with Gasteiger partial charge in [-0.25, -0.2) is 0 Å². The average Bonchev–Trinajstić information content (AvgIpc) is 3.18. The molecule has 2 fully saturated rings. The van der Waals surface area contributed by atoms with E-state index >= 15 is 0 Å². The third-order valence-electron chi connectivity index (χ3n) is 5.55. The number of nitrogens with zero attached hydrogens (tertiary/aromatic N) is 1. The first-order valence-electron chi connectivity index (χ1n) is 8.47. The molecule has 0 N–H and O–H groups in total. The smallest absolute Gasteiger partial charge is 0.234 e. The number of carboxylic acids is 1. The lowest BCUT2D eigenvalue weighted by Crippen LogP contribution is -2.46. The van der Waals surface area contributed by atoms with Gasteiger partial charge in [0.25, 0.3) is 0 Å². The lowest BCUT2D eigenvalue weighted by molar-refractivity contribution is -0.313. The molecule has 1 spiro atoms. The zero-order valence-electron chi connectivity index (χ0n) is 14.3. The van der Waals surface area contributed by atoms with Crippen LogP contribution in [0.25, 0.3) is 0 Å². The SMILES string of the molecule is C=C(C)C[C@H]1N(c2ccc(C)cc2)C(=O)[C@@H]2[C@H](C(=O)[O-])[C@H]3C=C[C@]21O3. The van der Waals surface area contributed by atoms with Crippen molar-refractivity contribution in [1.29, 1.82) is 0 Å². The second-order valence-corrected chi connectivity index (χ2v) is 7.34. The van der Waals surface area contributed by atoms with Crippen LogP contribution < -0.4 is 10.0 Å². The van der Waals surface area contributed by atoms with E-state index in [4.69, 9.17) is 4.74 Å². The summed E-state index contributed by atoms with van der Waals surface area (Å²) in [5.74, 6) is -3.13. The summed E-state index contributed by atoms with van der Waals surface area (Å²) in [6.45, 7) is 7.87. The zero-order chi connectivity index (χ0) is 17.9. The molecule has 1 amide bonds. The molecule has 3 aliphatic heterocycles. The Hall–Kier alpha value is -2.40. The van der Waals surface area contributed by atoms with Crippen molar-refractivity contribution in [3.8, 4) is 0 Å². The number of benzene rings is 1. The fourth-order valence-corrected chi connectivity index (χ4v) is 4.51. The molecule has 0 radical (unpaired) electrons. The third kappa shape index (κ3) is 2.12. The topological polar surface area (TPSA) is 69.7 Å². The number of ether oxygens (including phenoxy) is 1. The molecule has 0 aliphatic carbocycles. The van der Waals surface area contributed by atoms with Crippen LogP contribution in [0.5, 0.6) is 0 Å². The highest BCUT2D eigenvalue weighted by Gasteiger charge is 2.69. The standard InChI is InChI=1S/C20H21NO4/c1-11(2)10-15-20-9-8-14(25-20)16(19(23)24)17(20)18(22)21(15)13-6-4-12(3)5-7-13/h4-9,14-17H,1,10H2,2-3H3,(H,23,24)/p-1/t14-,15-,16-,17+,20-/m1/s1. The summed E-state index contributed by atoms with van der Waals surface area (Å²) < 4.78 is 6.08. The molecule has 0 aromatic heterocycles. The van der Waals surface area contributed by atoms with Crippen LogP contribution in [-0.4, -0.2) is 29.6 Å². The number of hydrogen-bond acceptors (Lipinski definition) is 4. The molecule has 2 bridgehead atoms. The Morgan fingerprint density at radius 1 is 1.36 bits per heavy atom. The first-order chi connectivity index (χ1) is 11.8. The maximum atomic E-state index is 13.3. The van der Waals surface area contributed by atoms with Crippen molar-refractivity contribution >= 4 is 17.6 Å². The molecule has 130 valence electrons. The van der Waals surface area contributed by atoms with E-state index in [-0.39, 0.29) is 11.9 Å². The fourth-order valence-electron chi connectivity index (χ4n) is 4.51. The predicted molar refractivity (Wildman–Crippen MR) is 90.6 cm³/mol. The molecule has 5 heteroatoms. The minimum atomic E-state index is -1.23. The van der Waals surface area contributed by atoms with E-state index in [0.717, 1.165) is 16.8 Å². The maximum absolute atomic E-state index is 13.3. The normalized spacial score (nSPS) is 35.3. The van der Waals surface area contributed by atoms with E-state index in [0.29, 0.717) is 6.42 Å². The molecular weight excluding hydrogens is 318 g/mol. The number of carbonyl (C=O) groups excluding carboxylic acids is 2. The van der Waals surface area contributed by atoms with Gasteiger partial charge in [-0.15, -0.1) is 6.58 Å². The van der Waals surface area contributed by atoms with E-state index in [1.165, 1.54) is 0 Å². The van der Waals surface area contributed by atoms with Gasteiger partial charge >= 0.3 is 0 Å². The van der Waals surface area contributed by atoms with Gasteiger partial charge in [0, 0.05) is 17.6 Å². The van der Waals surface area contributed by atoms with Gasteiger partial charge in [-0.05, 0) is 32.4 Å². The summed E-state index contributed by atoms with van der Waals surface area (Å²) >= 11 is 0. The maximum Gasteiger partial charge on any atom is 0.234 e. The number of rotatable bonds is 4. The number of fused-ring (bicyclic) bond motifs is 1. The monoisotopic (exact) mass is 338 g/mol. The number of aliphatic carboxylic acids is 1. The molecule has 1 aromatic carbocycles. The second kappa shape index (κ2) is 5.30. The van der Waals surface area contributed by atoms with Gasteiger partial charge in [0.05, 0.1) is 18.1 Å². The van der Waals surface area contributed by atoms with E-state index in [1.54, 1.807) is 11.0 Å². The molecule has 2 saturated heterocycles. The minimum Gasteiger partial charge on any atom is -0.550 e. The van der Waals surface area contributed by atoms with Crippen molar-refractivity contribution in [1.82, 2.24) is 0 Å². The molecule has 3 aliphatic rings. The van der Waals surface area contributed by atoms with Crippen LogP contribution in [0, 0.1) is 18.8 Å². The van der Waals surface area contributed by atoms with Gasteiger partial charge in [-0.3, -0.25) is 4.79 Å². The van der Waals surface area contributed by atoms with Gasteiger partial charge in [0.1, 0.15) is 5.60 Å². The van der Waals surface area contributed by atoms with Crippen LogP contribution >= 0.6 is 0 Å². The van der Waals surface area contributed by atoms with Gasteiger partial charge in [-0.1, -0.05) is 35.4 Å². The first-order valence-corrected chi connectivity index (χ1v) is 8.47. The van der Waals surface area contributed by atoms with Crippen molar-refractivity contribution in [2.75, 3.05) is 4.90 Å².